The minimum absolute atomic E-state index is 0.430. The van der Waals surface area contributed by atoms with Gasteiger partial charge in [0.2, 0.25) is 0 Å². The van der Waals surface area contributed by atoms with E-state index in [-0.39, 0.29) is 0 Å². The van der Waals surface area contributed by atoms with Crippen LogP contribution >= 0.6 is 0 Å². The minimum Gasteiger partial charge on any atom is -0.389 e. The van der Waals surface area contributed by atoms with Crippen LogP contribution in [0.25, 0.3) is 0 Å². The first-order valence-corrected chi connectivity index (χ1v) is 6.09. The van der Waals surface area contributed by atoms with E-state index in [0.29, 0.717) is 6.04 Å². The standard InChI is InChI=1S/C13H20N2O/c1-10-5-3-4-8-15(10)13-7-6-12(9-14-13)11(2)16/h6-7,9-11,16H,3-5,8H2,1-2H3/t10?,11-/m1/s1. The summed E-state index contributed by atoms with van der Waals surface area (Å²) in [5, 5.41) is 9.42. The third-order valence-electron chi connectivity index (χ3n) is 3.35. The molecule has 16 heavy (non-hydrogen) atoms. The van der Waals surface area contributed by atoms with Gasteiger partial charge >= 0.3 is 0 Å². The van der Waals surface area contributed by atoms with Gasteiger partial charge in [-0.2, -0.15) is 0 Å². The predicted molar refractivity (Wildman–Crippen MR) is 65.5 cm³/mol. The van der Waals surface area contributed by atoms with Gasteiger partial charge in [-0.05, 0) is 44.7 Å². The molecule has 0 spiro atoms. The number of piperidine rings is 1. The zero-order valence-electron chi connectivity index (χ0n) is 10.1. The Morgan fingerprint density at radius 3 is 2.81 bits per heavy atom. The van der Waals surface area contributed by atoms with Crippen LogP contribution < -0.4 is 4.90 Å². The molecular weight excluding hydrogens is 200 g/mol. The van der Waals surface area contributed by atoms with Crippen molar-refractivity contribution in [1.29, 1.82) is 0 Å². The maximum Gasteiger partial charge on any atom is 0.128 e. The number of anilines is 1. The van der Waals surface area contributed by atoms with Crippen LogP contribution in [-0.2, 0) is 0 Å². The summed E-state index contributed by atoms with van der Waals surface area (Å²) in [7, 11) is 0. The van der Waals surface area contributed by atoms with Crippen molar-refractivity contribution in [3.8, 4) is 0 Å². The van der Waals surface area contributed by atoms with Gasteiger partial charge in [-0.15, -0.1) is 0 Å². The number of aromatic nitrogens is 1. The third-order valence-corrected chi connectivity index (χ3v) is 3.35. The Morgan fingerprint density at radius 1 is 1.44 bits per heavy atom. The van der Waals surface area contributed by atoms with Crippen molar-refractivity contribution in [1.82, 2.24) is 4.98 Å². The number of pyridine rings is 1. The SMILES string of the molecule is CC1CCCCN1c1ccc([C@@H](C)O)cn1. The van der Waals surface area contributed by atoms with Crippen LogP contribution in [-0.4, -0.2) is 22.7 Å². The molecule has 0 aliphatic carbocycles. The highest BCUT2D eigenvalue weighted by Gasteiger charge is 2.19. The van der Waals surface area contributed by atoms with E-state index >= 15 is 0 Å². The van der Waals surface area contributed by atoms with E-state index in [4.69, 9.17) is 0 Å². The number of aliphatic hydroxyl groups excluding tert-OH is 1. The van der Waals surface area contributed by atoms with E-state index in [9.17, 15) is 5.11 Å². The van der Waals surface area contributed by atoms with Crippen LogP contribution in [0.5, 0.6) is 0 Å². The number of aliphatic hydroxyl groups is 1. The number of hydrogen-bond donors (Lipinski definition) is 1. The number of hydrogen-bond acceptors (Lipinski definition) is 3. The summed E-state index contributed by atoms with van der Waals surface area (Å²) in [5.41, 5.74) is 0.883. The van der Waals surface area contributed by atoms with Crippen molar-refractivity contribution < 1.29 is 5.11 Å². The molecule has 0 radical (unpaired) electrons. The molecule has 1 aromatic heterocycles. The molecule has 1 N–H and O–H groups in total. The van der Waals surface area contributed by atoms with Gasteiger partial charge in [0.25, 0.3) is 0 Å². The quantitative estimate of drug-likeness (QED) is 0.832. The van der Waals surface area contributed by atoms with Crippen molar-refractivity contribution >= 4 is 5.82 Å². The second-order valence-corrected chi connectivity index (χ2v) is 4.66. The number of rotatable bonds is 2. The molecule has 1 saturated heterocycles. The molecule has 0 aromatic carbocycles. The van der Waals surface area contributed by atoms with Crippen LogP contribution in [0.15, 0.2) is 18.3 Å². The van der Waals surface area contributed by atoms with Crippen molar-refractivity contribution in [2.45, 2.75) is 45.3 Å². The zero-order valence-corrected chi connectivity index (χ0v) is 10.1. The summed E-state index contributed by atoms with van der Waals surface area (Å²) in [4.78, 5) is 6.80. The fraction of sp³-hybridized carbons (Fsp3) is 0.615. The molecule has 88 valence electrons. The van der Waals surface area contributed by atoms with Crippen LogP contribution in [0.1, 0.15) is 44.8 Å². The predicted octanol–water partition coefficient (Wildman–Crippen LogP) is 2.51. The molecule has 3 heteroatoms. The summed E-state index contributed by atoms with van der Waals surface area (Å²) >= 11 is 0. The summed E-state index contributed by atoms with van der Waals surface area (Å²) in [6.45, 7) is 5.12. The Hall–Kier alpha value is -1.09. The molecule has 1 unspecified atom stereocenters. The molecule has 0 amide bonds. The summed E-state index contributed by atoms with van der Waals surface area (Å²) in [6, 6.07) is 4.57. The second-order valence-electron chi connectivity index (χ2n) is 4.66. The molecule has 1 aliphatic rings. The van der Waals surface area contributed by atoms with Crippen LogP contribution in [0.3, 0.4) is 0 Å². The van der Waals surface area contributed by atoms with E-state index in [1.807, 2.05) is 12.1 Å². The Kier molecular flexibility index (Phi) is 3.44. The van der Waals surface area contributed by atoms with Crippen LogP contribution in [0.4, 0.5) is 5.82 Å². The van der Waals surface area contributed by atoms with Crippen LogP contribution in [0, 0.1) is 0 Å². The number of nitrogens with zero attached hydrogens (tertiary/aromatic N) is 2. The van der Waals surface area contributed by atoms with E-state index < -0.39 is 6.10 Å². The first-order chi connectivity index (χ1) is 7.68. The topological polar surface area (TPSA) is 36.4 Å². The molecule has 1 fully saturated rings. The summed E-state index contributed by atoms with van der Waals surface area (Å²) in [5.74, 6) is 1.04. The maximum absolute atomic E-state index is 9.42. The lowest BCUT2D eigenvalue weighted by Crippen LogP contribution is -2.37. The van der Waals surface area contributed by atoms with Gasteiger partial charge in [0.1, 0.15) is 5.82 Å². The molecule has 2 rings (SSSR count). The molecule has 0 saturated carbocycles. The molecule has 0 bridgehead atoms. The van der Waals surface area contributed by atoms with Gasteiger partial charge in [-0.25, -0.2) is 4.98 Å². The smallest absolute Gasteiger partial charge is 0.128 e. The summed E-state index contributed by atoms with van der Waals surface area (Å²) < 4.78 is 0. The molecule has 2 heterocycles. The third kappa shape index (κ3) is 2.35. The van der Waals surface area contributed by atoms with Gasteiger partial charge in [-0.1, -0.05) is 6.07 Å². The van der Waals surface area contributed by atoms with Gasteiger partial charge in [0.15, 0.2) is 0 Å². The van der Waals surface area contributed by atoms with Crippen molar-refractivity contribution in [3.63, 3.8) is 0 Å². The highest BCUT2D eigenvalue weighted by Crippen LogP contribution is 2.23. The van der Waals surface area contributed by atoms with E-state index in [2.05, 4.69) is 16.8 Å². The van der Waals surface area contributed by atoms with Gasteiger partial charge < -0.3 is 10.0 Å². The van der Waals surface area contributed by atoms with Gasteiger partial charge in [-0.3, -0.25) is 0 Å². The van der Waals surface area contributed by atoms with Crippen molar-refractivity contribution in [3.05, 3.63) is 23.9 Å². The monoisotopic (exact) mass is 220 g/mol. The Morgan fingerprint density at radius 2 is 2.25 bits per heavy atom. The Bertz CT molecular complexity index is 334. The Labute approximate surface area is 97.1 Å². The lowest BCUT2D eigenvalue weighted by Gasteiger charge is -2.34. The first kappa shape index (κ1) is 11.4. The average Bonchev–Trinajstić information content (AvgIpc) is 2.30. The second kappa shape index (κ2) is 4.83. The fourth-order valence-corrected chi connectivity index (χ4v) is 2.25. The zero-order chi connectivity index (χ0) is 11.5. The van der Waals surface area contributed by atoms with E-state index in [0.717, 1.165) is 17.9 Å². The average molecular weight is 220 g/mol. The summed E-state index contributed by atoms with van der Waals surface area (Å²) in [6.07, 6.45) is 5.18. The first-order valence-electron chi connectivity index (χ1n) is 6.09. The normalized spacial score (nSPS) is 23.2. The molecule has 3 nitrogen and oxygen atoms in total. The van der Waals surface area contributed by atoms with Gasteiger partial charge in [0.05, 0.1) is 6.10 Å². The lowest BCUT2D eigenvalue weighted by atomic mass is 10.0. The van der Waals surface area contributed by atoms with E-state index in [1.165, 1.54) is 19.3 Å². The van der Waals surface area contributed by atoms with E-state index in [1.54, 1.807) is 13.1 Å². The van der Waals surface area contributed by atoms with Crippen molar-refractivity contribution in [2.24, 2.45) is 0 Å². The maximum atomic E-state index is 9.42. The lowest BCUT2D eigenvalue weighted by molar-refractivity contribution is 0.199. The van der Waals surface area contributed by atoms with Gasteiger partial charge in [0, 0.05) is 18.8 Å². The molecule has 2 atom stereocenters. The highest BCUT2D eigenvalue weighted by molar-refractivity contribution is 5.41. The highest BCUT2D eigenvalue weighted by atomic mass is 16.3. The molecule has 1 aromatic rings. The minimum atomic E-state index is -0.430. The largest absolute Gasteiger partial charge is 0.389 e. The molecular formula is C13H20N2O. The van der Waals surface area contributed by atoms with Crippen molar-refractivity contribution in [2.75, 3.05) is 11.4 Å². The van der Waals surface area contributed by atoms with Crippen LogP contribution in [0.2, 0.25) is 0 Å². The molecule has 1 aliphatic heterocycles. The fourth-order valence-electron chi connectivity index (χ4n) is 2.25. The Balaban J connectivity index is 2.14.